The van der Waals surface area contributed by atoms with Gasteiger partial charge in [0.15, 0.2) is 0 Å². The summed E-state index contributed by atoms with van der Waals surface area (Å²) in [6.07, 6.45) is 1.65. The molecule has 0 bridgehead atoms. The minimum Gasteiger partial charge on any atom is -0.481 e. The van der Waals surface area contributed by atoms with Crippen LogP contribution in [0.3, 0.4) is 0 Å². The van der Waals surface area contributed by atoms with Crippen molar-refractivity contribution < 1.29 is 9.53 Å². The van der Waals surface area contributed by atoms with Gasteiger partial charge in [-0.15, -0.1) is 0 Å². The van der Waals surface area contributed by atoms with Gasteiger partial charge in [0, 0.05) is 18.3 Å². The number of carbonyl (C=O) groups excluding carboxylic acids is 1. The number of rotatable bonds is 6. The maximum atomic E-state index is 12.6. The smallest absolute Gasteiger partial charge is 0.249 e. The number of aromatic nitrogens is 1. The zero-order chi connectivity index (χ0) is 15.9. The highest BCUT2D eigenvalue weighted by atomic mass is 16.5. The summed E-state index contributed by atoms with van der Waals surface area (Å²) in [7, 11) is 1.57. The molecule has 5 nitrogen and oxygen atoms in total. The molecule has 2 rings (SSSR count). The first-order valence-corrected chi connectivity index (χ1v) is 7.28. The molecule has 0 aliphatic carbocycles. The van der Waals surface area contributed by atoms with Crippen LogP contribution in [0, 0.1) is 0 Å². The highest BCUT2D eigenvalue weighted by molar-refractivity contribution is 5.98. The zero-order valence-electron chi connectivity index (χ0n) is 13.1. The lowest BCUT2D eigenvalue weighted by molar-refractivity contribution is -0.119. The molecule has 0 spiro atoms. The highest BCUT2D eigenvalue weighted by Gasteiger charge is 2.20. The minimum atomic E-state index is -0.352. The number of nitrogens with zero attached hydrogens (tertiary/aromatic N) is 2. The van der Waals surface area contributed by atoms with Crippen molar-refractivity contribution in [3.05, 3.63) is 48.7 Å². The van der Waals surface area contributed by atoms with Crippen LogP contribution >= 0.6 is 0 Å². The number of hydrogen-bond donors (Lipinski definition) is 1. The molecular weight excluding hydrogens is 278 g/mol. The van der Waals surface area contributed by atoms with Crippen LogP contribution in [-0.2, 0) is 4.79 Å². The van der Waals surface area contributed by atoms with E-state index in [4.69, 9.17) is 4.74 Å². The Morgan fingerprint density at radius 1 is 1.27 bits per heavy atom. The summed E-state index contributed by atoms with van der Waals surface area (Å²) in [5.74, 6) is 0.563. The first-order valence-electron chi connectivity index (χ1n) is 7.28. The van der Waals surface area contributed by atoms with E-state index < -0.39 is 0 Å². The standard InChI is InChI=1S/C17H21N3O2/c1-4-20(15-8-6-5-7-9-15)17(21)13(2)19-14-10-11-16(22-3)18-12-14/h5-13,19H,4H2,1-3H3/t13-/m0/s1. The van der Waals surface area contributed by atoms with Crippen LogP contribution in [0.25, 0.3) is 0 Å². The quantitative estimate of drug-likeness (QED) is 0.891. The average Bonchev–Trinajstić information content (AvgIpc) is 2.57. The van der Waals surface area contributed by atoms with Crippen molar-refractivity contribution in [2.75, 3.05) is 23.9 Å². The monoisotopic (exact) mass is 299 g/mol. The second-order valence-electron chi connectivity index (χ2n) is 4.87. The number of likely N-dealkylation sites (N-methyl/N-ethyl adjacent to an activating group) is 1. The van der Waals surface area contributed by atoms with Crippen molar-refractivity contribution in [1.29, 1.82) is 0 Å². The van der Waals surface area contributed by atoms with Crippen LogP contribution in [0.5, 0.6) is 5.88 Å². The number of methoxy groups -OCH3 is 1. The van der Waals surface area contributed by atoms with Crippen molar-refractivity contribution >= 4 is 17.3 Å². The average molecular weight is 299 g/mol. The summed E-state index contributed by atoms with van der Waals surface area (Å²) in [6.45, 7) is 4.43. The fourth-order valence-electron chi connectivity index (χ4n) is 2.21. The number of ether oxygens (including phenoxy) is 1. The van der Waals surface area contributed by atoms with E-state index in [0.717, 1.165) is 11.4 Å². The Kier molecular flexibility index (Phi) is 5.36. The third-order valence-corrected chi connectivity index (χ3v) is 3.35. The van der Waals surface area contributed by atoms with Gasteiger partial charge in [0.25, 0.3) is 0 Å². The van der Waals surface area contributed by atoms with E-state index >= 15 is 0 Å². The van der Waals surface area contributed by atoms with Crippen molar-refractivity contribution in [2.24, 2.45) is 0 Å². The molecule has 0 aliphatic rings. The third-order valence-electron chi connectivity index (χ3n) is 3.35. The molecule has 2 aromatic rings. The first-order chi connectivity index (χ1) is 10.7. The number of pyridine rings is 1. The topological polar surface area (TPSA) is 54.5 Å². The molecular formula is C17H21N3O2. The molecule has 0 unspecified atom stereocenters. The van der Waals surface area contributed by atoms with Crippen LogP contribution in [0.1, 0.15) is 13.8 Å². The Labute approximate surface area is 130 Å². The van der Waals surface area contributed by atoms with Crippen LogP contribution in [0.4, 0.5) is 11.4 Å². The van der Waals surface area contributed by atoms with Gasteiger partial charge >= 0.3 is 0 Å². The van der Waals surface area contributed by atoms with E-state index in [1.54, 1.807) is 24.3 Å². The van der Waals surface area contributed by atoms with Gasteiger partial charge < -0.3 is 15.0 Å². The molecule has 1 aromatic carbocycles. The van der Waals surface area contributed by atoms with Gasteiger partial charge in [-0.3, -0.25) is 4.79 Å². The zero-order valence-corrected chi connectivity index (χ0v) is 13.1. The Hall–Kier alpha value is -2.56. The molecule has 116 valence electrons. The number of carbonyl (C=O) groups is 1. The summed E-state index contributed by atoms with van der Waals surface area (Å²) in [6, 6.07) is 12.9. The number of anilines is 2. The van der Waals surface area contributed by atoms with Crippen LogP contribution in [0.15, 0.2) is 48.7 Å². The molecule has 0 saturated carbocycles. The normalized spacial score (nSPS) is 11.6. The Balaban J connectivity index is 2.06. The third kappa shape index (κ3) is 3.75. The van der Waals surface area contributed by atoms with Gasteiger partial charge in [0.2, 0.25) is 11.8 Å². The lowest BCUT2D eigenvalue weighted by Crippen LogP contribution is -2.41. The molecule has 5 heteroatoms. The van der Waals surface area contributed by atoms with Crippen LogP contribution in [-0.4, -0.2) is 30.6 Å². The van der Waals surface area contributed by atoms with Gasteiger partial charge in [0.05, 0.1) is 19.0 Å². The lowest BCUT2D eigenvalue weighted by Gasteiger charge is -2.25. The Bertz CT molecular complexity index is 599. The molecule has 0 radical (unpaired) electrons. The molecule has 1 N–H and O–H groups in total. The summed E-state index contributed by atoms with van der Waals surface area (Å²) in [5.41, 5.74) is 1.68. The number of benzene rings is 1. The summed E-state index contributed by atoms with van der Waals surface area (Å²) >= 11 is 0. The van der Waals surface area contributed by atoms with E-state index in [2.05, 4.69) is 10.3 Å². The molecule has 22 heavy (non-hydrogen) atoms. The minimum absolute atomic E-state index is 0.0181. The van der Waals surface area contributed by atoms with Crippen LogP contribution in [0.2, 0.25) is 0 Å². The summed E-state index contributed by atoms with van der Waals surface area (Å²) < 4.78 is 5.02. The maximum absolute atomic E-state index is 12.6. The van der Waals surface area contributed by atoms with Gasteiger partial charge in [-0.25, -0.2) is 4.98 Å². The number of hydrogen-bond acceptors (Lipinski definition) is 4. The summed E-state index contributed by atoms with van der Waals surface area (Å²) in [4.78, 5) is 18.5. The Morgan fingerprint density at radius 3 is 2.55 bits per heavy atom. The van der Waals surface area contributed by atoms with Crippen molar-refractivity contribution in [3.63, 3.8) is 0 Å². The molecule has 1 aromatic heterocycles. The molecule has 0 fully saturated rings. The molecule has 0 aliphatic heterocycles. The van der Waals surface area contributed by atoms with E-state index in [1.807, 2.05) is 50.2 Å². The number of para-hydroxylation sites is 1. The first kappa shape index (κ1) is 15.8. The molecule has 1 amide bonds. The molecule has 1 atom stereocenters. The largest absolute Gasteiger partial charge is 0.481 e. The maximum Gasteiger partial charge on any atom is 0.249 e. The van der Waals surface area contributed by atoms with Crippen molar-refractivity contribution in [1.82, 2.24) is 4.98 Å². The van der Waals surface area contributed by atoms with Gasteiger partial charge in [-0.2, -0.15) is 0 Å². The van der Waals surface area contributed by atoms with E-state index in [9.17, 15) is 4.79 Å². The van der Waals surface area contributed by atoms with Gasteiger partial charge in [0.1, 0.15) is 6.04 Å². The lowest BCUT2D eigenvalue weighted by atomic mass is 10.2. The summed E-state index contributed by atoms with van der Waals surface area (Å²) in [5, 5.41) is 3.17. The SMILES string of the molecule is CCN(C(=O)[C@H](C)Nc1ccc(OC)nc1)c1ccccc1. The highest BCUT2D eigenvalue weighted by Crippen LogP contribution is 2.17. The van der Waals surface area contributed by atoms with Crippen LogP contribution < -0.4 is 15.0 Å². The van der Waals surface area contributed by atoms with Crippen molar-refractivity contribution in [3.8, 4) is 5.88 Å². The molecule has 1 heterocycles. The van der Waals surface area contributed by atoms with E-state index in [-0.39, 0.29) is 11.9 Å². The second-order valence-corrected chi connectivity index (χ2v) is 4.87. The fourth-order valence-corrected chi connectivity index (χ4v) is 2.21. The number of nitrogens with one attached hydrogen (secondary N) is 1. The Morgan fingerprint density at radius 2 is 2.00 bits per heavy atom. The van der Waals surface area contributed by atoms with E-state index in [0.29, 0.717) is 12.4 Å². The number of amides is 1. The van der Waals surface area contributed by atoms with Crippen molar-refractivity contribution in [2.45, 2.75) is 19.9 Å². The van der Waals surface area contributed by atoms with Gasteiger partial charge in [-0.05, 0) is 32.0 Å². The second kappa shape index (κ2) is 7.45. The molecule has 0 saturated heterocycles. The van der Waals surface area contributed by atoms with Gasteiger partial charge in [-0.1, -0.05) is 18.2 Å². The predicted molar refractivity (Wildman–Crippen MR) is 88.3 cm³/mol. The van der Waals surface area contributed by atoms with E-state index in [1.165, 1.54) is 0 Å². The fraction of sp³-hybridized carbons (Fsp3) is 0.294. The predicted octanol–water partition coefficient (Wildman–Crippen LogP) is 2.94.